The Morgan fingerprint density at radius 2 is 1.97 bits per heavy atom. The van der Waals surface area contributed by atoms with Gasteiger partial charge in [-0.15, -0.1) is 13.2 Å². The van der Waals surface area contributed by atoms with E-state index >= 15 is 0 Å². The number of rotatable bonds is 12. The molecule has 1 heterocycles. The molecule has 1 N–H and O–H groups in total. The van der Waals surface area contributed by atoms with Crippen molar-refractivity contribution in [2.75, 3.05) is 7.11 Å². The molecule has 2 rings (SSSR count). The van der Waals surface area contributed by atoms with Gasteiger partial charge in [0.25, 0.3) is 0 Å². The fraction of sp³-hybridized carbons (Fsp3) is 0.519. The van der Waals surface area contributed by atoms with Crippen LogP contribution in [0.2, 0.25) is 0 Å². The van der Waals surface area contributed by atoms with Crippen molar-refractivity contribution in [1.82, 2.24) is 0 Å². The maximum Gasteiger partial charge on any atom is 0.309 e. The minimum absolute atomic E-state index is 0.0199. The molecule has 1 fully saturated rings. The van der Waals surface area contributed by atoms with Crippen LogP contribution in [0.1, 0.15) is 58.8 Å². The Labute approximate surface area is 197 Å². The highest BCUT2D eigenvalue weighted by Crippen LogP contribution is 2.42. The number of hydrogen-bond acceptors (Lipinski definition) is 6. The maximum absolute atomic E-state index is 12.5. The van der Waals surface area contributed by atoms with Crippen molar-refractivity contribution in [2.24, 2.45) is 5.92 Å². The quantitative estimate of drug-likeness (QED) is 0.339. The van der Waals surface area contributed by atoms with Crippen LogP contribution in [0.3, 0.4) is 0 Å². The Morgan fingerprint density at radius 3 is 2.52 bits per heavy atom. The van der Waals surface area contributed by atoms with Gasteiger partial charge in [0.2, 0.25) is 0 Å². The Hall–Kier alpha value is -2.41. The highest BCUT2D eigenvalue weighted by atomic mass is 16.7. The van der Waals surface area contributed by atoms with E-state index in [0.717, 1.165) is 16.9 Å². The van der Waals surface area contributed by atoms with Gasteiger partial charge in [-0.1, -0.05) is 37.3 Å². The first-order valence-electron chi connectivity index (χ1n) is 11.4. The van der Waals surface area contributed by atoms with Crippen molar-refractivity contribution in [3.05, 3.63) is 66.8 Å². The molecule has 1 aliphatic rings. The molecule has 1 aliphatic heterocycles. The molecule has 6 heteroatoms. The lowest BCUT2D eigenvalue weighted by Crippen LogP contribution is -2.36. The number of methoxy groups -OCH3 is 1. The van der Waals surface area contributed by atoms with Crippen LogP contribution in [0.4, 0.5) is 0 Å². The van der Waals surface area contributed by atoms with E-state index in [2.05, 4.69) is 13.2 Å². The molecule has 0 spiro atoms. The third kappa shape index (κ3) is 7.03. The fourth-order valence-electron chi connectivity index (χ4n) is 3.87. The molecule has 6 nitrogen and oxygen atoms in total. The second-order valence-corrected chi connectivity index (χ2v) is 8.76. The molecule has 1 aromatic rings. The molecule has 6 unspecified atom stereocenters. The third-order valence-corrected chi connectivity index (χ3v) is 6.24. The topological polar surface area (TPSA) is 74.2 Å². The van der Waals surface area contributed by atoms with Crippen molar-refractivity contribution < 1.29 is 28.8 Å². The fourth-order valence-corrected chi connectivity index (χ4v) is 3.87. The second-order valence-electron chi connectivity index (χ2n) is 8.76. The number of carbonyl (C=O) groups is 1. The van der Waals surface area contributed by atoms with Crippen molar-refractivity contribution >= 4 is 5.97 Å². The summed E-state index contributed by atoms with van der Waals surface area (Å²) < 4.78 is 23.1. The Kier molecular flexibility index (Phi) is 9.89. The first-order valence-corrected chi connectivity index (χ1v) is 11.4. The number of benzene rings is 1. The summed E-state index contributed by atoms with van der Waals surface area (Å²) in [7, 11) is 1.62. The largest absolute Gasteiger partial charge is 0.497 e. The Morgan fingerprint density at radius 1 is 1.30 bits per heavy atom. The first kappa shape index (κ1) is 26.8. The van der Waals surface area contributed by atoms with Crippen molar-refractivity contribution in [3.63, 3.8) is 0 Å². The zero-order valence-electron chi connectivity index (χ0n) is 20.5. The maximum atomic E-state index is 12.5. The normalized spacial score (nSPS) is 25.7. The average molecular weight is 459 g/mol. The number of carbonyl (C=O) groups excluding carboxylic acids is 1. The molecule has 0 radical (unpaired) electrons. The van der Waals surface area contributed by atoms with Gasteiger partial charge in [0.1, 0.15) is 18.0 Å². The van der Waals surface area contributed by atoms with Gasteiger partial charge in [-0.25, -0.2) is 0 Å². The summed E-state index contributed by atoms with van der Waals surface area (Å²) >= 11 is 0. The van der Waals surface area contributed by atoms with Crippen molar-refractivity contribution in [1.29, 1.82) is 0 Å². The predicted molar refractivity (Wildman–Crippen MR) is 129 cm³/mol. The molecule has 0 aromatic heterocycles. The minimum atomic E-state index is -0.853. The van der Waals surface area contributed by atoms with Gasteiger partial charge in [-0.2, -0.15) is 0 Å². The number of ether oxygens (including phenoxy) is 4. The molecular weight excluding hydrogens is 420 g/mol. The molecule has 1 aromatic carbocycles. The van der Waals surface area contributed by atoms with Crippen molar-refractivity contribution in [3.8, 4) is 5.75 Å². The summed E-state index contributed by atoms with van der Waals surface area (Å²) in [5.41, 5.74) is 1.14. The first-order chi connectivity index (χ1) is 15.7. The smallest absolute Gasteiger partial charge is 0.309 e. The number of allylic oxidation sites excluding steroid dienone is 1. The zero-order valence-corrected chi connectivity index (χ0v) is 20.5. The van der Waals surface area contributed by atoms with Crippen LogP contribution >= 0.6 is 0 Å². The number of hydrogen-bond donors (Lipinski definition) is 1. The van der Waals surface area contributed by atoms with E-state index in [1.54, 1.807) is 19.3 Å². The molecule has 182 valence electrons. The van der Waals surface area contributed by atoms with Gasteiger partial charge < -0.3 is 24.1 Å². The average Bonchev–Trinajstić information content (AvgIpc) is 3.17. The van der Waals surface area contributed by atoms with E-state index in [1.807, 2.05) is 58.0 Å². The molecule has 0 aliphatic carbocycles. The van der Waals surface area contributed by atoms with Gasteiger partial charge in [0, 0.05) is 11.5 Å². The van der Waals surface area contributed by atoms with Gasteiger partial charge in [-0.3, -0.25) is 4.79 Å². The van der Waals surface area contributed by atoms with E-state index in [9.17, 15) is 9.90 Å². The SMILES string of the molecule is C=CC(C)C(OC(=O)CC(O)CCC1(C)OC(c2ccc(OC)cc2)OC1C=C)/C(C)=C/C. The second kappa shape index (κ2) is 12.2. The molecule has 0 bridgehead atoms. The Balaban J connectivity index is 1.95. The lowest BCUT2D eigenvalue weighted by Gasteiger charge is -2.28. The van der Waals surface area contributed by atoms with Crippen LogP contribution in [0.15, 0.2) is 61.2 Å². The van der Waals surface area contributed by atoms with Crippen LogP contribution in [0.5, 0.6) is 5.75 Å². The van der Waals surface area contributed by atoms with Crippen LogP contribution in [0.25, 0.3) is 0 Å². The van der Waals surface area contributed by atoms with Crippen LogP contribution in [-0.4, -0.2) is 42.1 Å². The summed E-state index contributed by atoms with van der Waals surface area (Å²) in [6.07, 6.45) is 4.02. The van der Waals surface area contributed by atoms with Gasteiger partial charge in [0.15, 0.2) is 6.29 Å². The van der Waals surface area contributed by atoms with Gasteiger partial charge in [-0.05, 0) is 51.3 Å². The summed E-state index contributed by atoms with van der Waals surface area (Å²) in [4.78, 5) is 12.5. The predicted octanol–water partition coefficient (Wildman–Crippen LogP) is 5.29. The van der Waals surface area contributed by atoms with E-state index in [4.69, 9.17) is 18.9 Å². The summed E-state index contributed by atoms with van der Waals surface area (Å²) in [6, 6.07) is 7.50. The van der Waals surface area contributed by atoms with E-state index < -0.39 is 24.0 Å². The molecule has 0 saturated carbocycles. The molecule has 1 saturated heterocycles. The number of aliphatic hydroxyl groups is 1. The highest BCUT2D eigenvalue weighted by Gasteiger charge is 2.45. The molecule has 33 heavy (non-hydrogen) atoms. The Bertz CT molecular complexity index is 830. The standard InChI is InChI=1S/C27H38O6/c1-8-18(4)25(19(5)9-2)32-24(29)17-21(28)15-16-27(6)23(10-3)31-26(33-27)20-11-13-22(30-7)14-12-20/h8-14,18,21,23,25-26,28H,1,3,15-17H2,2,4-7H3/b19-9+. The molecular formula is C27H38O6. The summed E-state index contributed by atoms with van der Waals surface area (Å²) in [6.45, 7) is 15.4. The van der Waals surface area contributed by atoms with E-state index in [1.165, 1.54) is 0 Å². The van der Waals surface area contributed by atoms with Crippen LogP contribution in [0, 0.1) is 5.92 Å². The summed E-state index contributed by atoms with van der Waals surface area (Å²) in [5, 5.41) is 10.5. The van der Waals surface area contributed by atoms with Gasteiger partial charge >= 0.3 is 5.97 Å². The lowest BCUT2D eigenvalue weighted by molar-refractivity contribution is -0.151. The van der Waals surface area contributed by atoms with Crippen LogP contribution in [-0.2, 0) is 19.0 Å². The van der Waals surface area contributed by atoms with E-state index in [0.29, 0.717) is 12.8 Å². The summed E-state index contributed by atoms with van der Waals surface area (Å²) in [5.74, 6) is 0.296. The lowest BCUT2D eigenvalue weighted by atomic mass is 9.91. The zero-order chi connectivity index (χ0) is 24.6. The minimum Gasteiger partial charge on any atom is -0.497 e. The van der Waals surface area contributed by atoms with Gasteiger partial charge in [0.05, 0.1) is 25.2 Å². The monoisotopic (exact) mass is 458 g/mol. The molecule has 6 atom stereocenters. The van der Waals surface area contributed by atoms with Crippen molar-refractivity contribution in [2.45, 2.75) is 77.2 Å². The van der Waals surface area contributed by atoms with E-state index in [-0.39, 0.29) is 24.5 Å². The van der Waals surface area contributed by atoms with Crippen LogP contribution < -0.4 is 4.74 Å². The number of aliphatic hydroxyl groups excluding tert-OH is 1. The third-order valence-electron chi connectivity index (χ3n) is 6.24. The highest BCUT2D eigenvalue weighted by molar-refractivity contribution is 5.70. The molecule has 0 amide bonds. The number of esters is 1.